The molecule has 0 aromatic heterocycles. The van der Waals surface area contributed by atoms with Crippen LogP contribution in [0.4, 0.5) is 5.69 Å². The van der Waals surface area contributed by atoms with Gasteiger partial charge in [-0.1, -0.05) is 36.4 Å². The van der Waals surface area contributed by atoms with E-state index in [-0.39, 0.29) is 35.0 Å². The first-order valence-corrected chi connectivity index (χ1v) is 10.4. The largest absolute Gasteiger partial charge is 0.330 e. The Balaban J connectivity index is 0.00000280. The molecule has 8 heteroatoms. The minimum Gasteiger partial charge on any atom is -0.330 e. The summed E-state index contributed by atoms with van der Waals surface area (Å²) in [5.41, 5.74) is 8.37. The molecule has 152 valence electrons. The van der Waals surface area contributed by atoms with E-state index in [9.17, 15) is 13.2 Å². The smallest absolute Gasteiger partial charge is 0.243 e. The van der Waals surface area contributed by atoms with Gasteiger partial charge in [-0.25, -0.2) is 8.42 Å². The second-order valence-corrected chi connectivity index (χ2v) is 8.93. The van der Waals surface area contributed by atoms with E-state index in [1.807, 2.05) is 37.3 Å². The second-order valence-electron chi connectivity index (χ2n) is 6.99. The van der Waals surface area contributed by atoms with Gasteiger partial charge in [-0.3, -0.25) is 4.79 Å². The van der Waals surface area contributed by atoms with Crippen molar-refractivity contribution >= 4 is 34.0 Å². The highest BCUT2D eigenvalue weighted by Gasteiger charge is 2.39. The number of nitrogens with zero attached hydrogens (tertiary/aromatic N) is 1. The molecular formula is C20H26ClN3O3S. The Morgan fingerprint density at radius 3 is 2.46 bits per heavy atom. The van der Waals surface area contributed by atoms with Crippen LogP contribution in [-0.4, -0.2) is 38.3 Å². The number of nitrogens with two attached hydrogens (primary N) is 1. The van der Waals surface area contributed by atoms with E-state index in [0.29, 0.717) is 25.3 Å². The molecule has 1 saturated heterocycles. The molecule has 1 aliphatic heterocycles. The number of aryl methyl sites for hydroxylation is 1. The highest BCUT2D eigenvalue weighted by Crippen LogP contribution is 2.35. The van der Waals surface area contributed by atoms with Crippen LogP contribution in [0.3, 0.4) is 0 Å². The third kappa shape index (κ3) is 4.55. The van der Waals surface area contributed by atoms with E-state index in [4.69, 9.17) is 5.73 Å². The molecule has 1 heterocycles. The predicted octanol–water partition coefficient (Wildman–Crippen LogP) is 2.74. The Bertz CT molecular complexity index is 935. The summed E-state index contributed by atoms with van der Waals surface area (Å²) in [6, 6.07) is 14.7. The van der Waals surface area contributed by atoms with Crippen molar-refractivity contribution in [1.82, 2.24) is 4.31 Å². The highest BCUT2D eigenvalue weighted by molar-refractivity contribution is 7.89. The van der Waals surface area contributed by atoms with E-state index >= 15 is 0 Å². The van der Waals surface area contributed by atoms with Crippen LogP contribution < -0.4 is 11.1 Å². The molecule has 2 aromatic carbocycles. The summed E-state index contributed by atoms with van der Waals surface area (Å²) in [7, 11) is -3.67. The van der Waals surface area contributed by atoms with Crippen LogP contribution in [0.1, 0.15) is 24.0 Å². The molecule has 0 aliphatic carbocycles. The topological polar surface area (TPSA) is 92.5 Å². The fraction of sp³-hybridized carbons (Fsp3) is 0.350. The van der Waals surface area contributed by atoms with Gasteiger partial charge in [0.15, 0.2) is 0 Å². The van der Waals surface area contributed by atoms with Gasteiger partial charge >= 0.3 is 0 Å². The molecule has 0 radical (unpaired) electrons. The second kappa shape index (κ2) is 9.05. The summed E-state index contributed by atoms with van der Waals surface area (Å²) in [6.45, 7) is 4.45. The van der Waals surface area contributed by atoms with E-state index in [0.717, 1.165) is 11.1 Å². The maximum Gasteiger partial charge on any atom is 0.243 e. The van der Waals surface area contributed by atoms with Gasteiger partial charge in [0.1, 0.15) is 0 Å². The SMILES string of the molecule is CC(=O)Nc1cc(S(=O)(=O)N2C[C@@H](CN)[C@H](c3ccccc3)C2)ccc1C.Cl. The van der Waals surface area contributed by atoms with Crippen molar-refractivity contribution in [3.63, 3.8) is 0 Å². The number of anilines is 1. The molecular weight excluding hydrogens is 398 g/mol. The molecule has 2 aromatic rings. The summed E-state index contributed by atoms with van der Waals surface area (Å²) < 4.78 is 27.9. The fourth-order valence-electron chi connectivity index (χ4n) is 3.58. The molecule has 3 rings (SSSR count). The minimum absolute atomic E-state index is 0. The number of amides is 1. The standard InChI is InChI=1S/C20H25N3O3S.ClH/c1-14-8-9-18(10-20(14)22-15(2)24)27(25,26)23-12-17(11-21)19(13-23)16-6-4-3-5-7-16;/h3-10,17,19H,11-13,21H2,1-2H3,(H,22,24);1H/t17-,19+;/m1./s1. The van der Waals surface area contributed by atoms with Crippen molar-refractivity contribution in [2.45, 2.75) is 24.7 Å². The maximum atomic E-state index is 13.2. The number of rotatable bonds is 5. The Hall–Kier alpha value is -1.93. The molecule has 0 spiro atoms. The van der Waals surface area contributed by atoms with Crippen LogP contribution in [0.25, 0.3) is 0 Å². The summed E-state index contributed by atoms with van der Waals surface area (Å²) >= 11 is 0. The van der Waals surface area contributed by atoms with E-state index in [1.165, 1.54) is 17.3 Å². The number of carbonyl (C=O) groups is 1. The molecule has 0 saturated carbocycles. The molecule has 28 heavy (non-hydrogen) atoms. The van der Waals surface area contributed by atoms with Gasteiger partial charge in [-0.2, -0.15) is 4.31 Å². The lowest BCUT2D eigenvalue weighted by atomic mass is 9.89. The Labute approximate surface area is 172 Å². The molecule has 1 aliphatic rings. The normalized spacial score (nSPS) is 19.8. The van der Waals surface area contributed by atoms with E-state index in [1.54, 1.807) is 12.1 Å². The predicted molar refractivity (Wildman–Crippen MR) is 113 cm³/mol. The van der Waals surface area contributed by atoms with Gasteiger partial charge in [-0.05, 0) is 42.6 Å². The van der Waals surface area contributed by atoms with Gasteiger partial charge in [-0.15, -0.1) is 12.4 Å². The zero-order chi connectivity index (χ0) is 19.6. The van der Waals surface area contributed by atoms with Crippen molar-refractivity contribution in [2.24, 2.45) is 11.7 Å². The fourth-order valence-corrected chi connectivity index (χ4v) is 5.13. The average Bonchev–Trinajstić information content (AvgIpc) is 3.09. The van der Waals surface area contributed by atoms with Crippen LogP contribution in [0.5, 0.6) is 0 Å². The molecule has 2 atom stereocenters. The lowest BCUT2D eigenvalue weighted by Crippen LogP contribution is -2.30. The van der Waals surface area contributed by atoms with Crippen molar-refractivity contribution in [3.05, 3.63) is 59.7 Å². The first kappa shape index (κ1) is 22.4. The highest BCUT2D eigenvalue weighted by atomic mass is 35.5. The van der Waals surface area contributed by atoms with Gasteiger partial charge in [0, 0.05) is 31.6 Å². The number of sulfonamides is 1. The lowest BCUT2D eigenvalue weighted by molar-refractivity contribution is -0.114. The van der Waals surface area contributed by atoms with Crippen LogP contribution in [-0.2, 0) is 14.8 Å². The van der Waals surface area contributed by atoms with E-state index in [2.05, 4.69) is 5.32 Å². The van der Waals surface area contributed by atoms with Gasteiger partial charge < -0.3 is 11.1 Å². The number of carbonyl (C=O) groups excluding carboxylic acids is 1. The average molecular weight is 424 g/mol. The lowest BCUT2D eigenvalue weighted by Gasteiger charge is -2.18. The molecule has 0 unspecified atom stereocenters. The summed E-state index contributed by atoms with van der Waals surface area (Å²) in [6.07, 6.45) is 0. The van der Waals surface area contributed by atoms with Crippen molar-refractivity contribution in [3.8, 4) is 0 Å². The summed E-state index contributed by atoms with van der Waals surface area (Å²) in [5, 5.41) is 2.69. The molecule has 1 fully saturated rings. The van der Waals surface area contributed by atoms with Crippen molar-refractivity contribution in [1.29, 1.82) is 0 Å². The quantitative estimate of drug-likeness (QED) is 0.773. The zero-order valence-corrected chi connectivity index (χ0v) is 17.6. The number of hydrogen-bond acceptors (Lipinski definition) is 4. The molecule has 1 amide bonds. The molecule has 3 N–H and O–H groups in total. The van der Waals surface area contributed by atoms with Crippen LogP contribution in [0.15, 0.2) is 53.4 Å². The first-order valence-electron chi connectivity index (χ1n) is 8.96. The van der Waals surface area contributed by atoms with Crippen LogP contribution in [0, 0.1) is 12.8 Å². The summed E-state index contributed by atoms with van der Waals surface area (Å²) in [5.74, 6) is -0.0881. The summed E-state index contributed by atoms with van der Waals surface area (Å²) in [4.78, 5) is 11.6. The monoisotopic (exact) mass is 423 g/mol. The number of nitrogens with one attached hydrogen (secondary N) is 1. The Kier molecular flexibility index (Phi) is 7.22. The van der Waals surface area contributed by atoms with Gasteiger partial charge in [0.05, 0.1) is 4.90 Å². The van der Waals surface area contributed by atoms with Crippen LogP contribution in [0.2, 0.25) is 0 Å². The third-order valence-electron chi connectivity index (χ3n) is 5.10. The Morgan fingerprint density at radius 2 is 1.86 bits per heavy atom. The maximum absolute atomic E-state index is 13.2. The third-order valence-corrected chi connectivity index (χ3v) is 6.92. The molecule has 0 bridgehead atoms. The van der Waals surface area contributed by atoms with Crippen molar-refractivity contribution in [2.75, 3.05) is 25.0 Å². The minimum atomic E-state index is -3.67. The first-order chi connectivity index (χ1) is 12.8. The van der Waals surface area contributed by atoms with Gasteiger partial charge in [0.2, 0.25) is 15.9 Å². The Morgan fingerprint density at radius 1 is 1.18 bits per heavy atom. The van der Waals surface area contributed by atoms with Gasteiger partial charge in [0.25, 0.3) is 0 Å². The van der Waals surface area contributed by atoms with Crippen molar-refractivity contribution < 1.29 is 13.2 Å². The number of benzene rings is 2. The van der Waals surface area contributed by atoms with E-state index < -0.39 is 10.0 Å². The zero-order valence-electron chi connectivity index (χ0n) is 16.0. The van der Waals surface area contributed by atoms with Crippen LogP contribution >= 0.6 is 12.4 Å². The molecule has 6 nitrogen and oxygen atoms in total. The number of hydrogen-bond donors (Lipinski definition) is 2. The number of halogens is 1.